The van der Waals surface area contributed by atoms with Crippen molar-refractivity contribution in [1.29, 1.82) is 0 Å². The van der Waals surface area contributed by atoms with E-state index in [0.29, 0.717) is 5.92 Å². The molecule has 19 heavy (non-hydrogen) atoms. The smallest absolute Gasteiger partial charge is 0.224 e. The van der Waals surface area contributed by atoms with Crippen LogP contribution in [-0.2, 0) is 4.79 Å². The van der Waals surface area contributed by atoms with Gasteiger partial charge < -0.3 is 16.0 Å². The molecule has 4 nitrogen and oxygen atoms in total. The Morgan fingerprint density at radius 2 is 1.84 bits per heavy atom. The molecule has 2 unspecified atom stereocenters. The molecular formula is C13H27Cl2N3O. The van der Waals surface area contributed by atoms with Crippen molar-refractivity contribution in [3.8, 4) is 0 Å². The number of nitrogens with zero attached hydrogens (tertiary/aromatic N) is 1. The van der Waals surface area contributed by atoms with Gasteiger partial charge in [0, 0.05) is 12.6 Å². The van der Waals surface area contributed by atoms with E-state index in [2.05, 4.69) is 17.3 Å². The highest BCUT2D eigenvalue weighted by Crippen LogP contribution is 2.24. The van der Waals surface area contributed by atoms with Crippen LogP contribution in [0.1, 0.15) is 32.1 Å². The zero-order valence-electron chi connectivity index (χ0n) is 11.6. The predicted octanol–water partition coefficient (Wildman–Crippen LogP) is 1.42. The fraction of sp³-hybridized carbons (Fsp3) is 0.923. The summed E-state index contributed by atoms with van der Waals surface area (Å²) in [7, 11) is 2.16. The van der Waals surface area contributed by atoms with Gasteiger partial charge in [0.15, 0.2) is 0 Å². The molecule has 0 aromatic carbocycles. The summed E-state index contributed by atoms with van der Waals surface area (Å²) in [5, 5.41) is 3.10. The number of carbonyl (C=O) groups excluding carboxylic acids is 1. The Kier molecular flexibility index (Phi) is 8.99. The number of likely N-dealkylation sites (tertiary alicyclic amines) is 1. The highest BCUT2D eigenvalue weighted by Gasteiger charge is 2.30. The van der Waals surface area contributed by atoms with E-state index >= 15 is 0 Å². The molecule has 1 saturated heterocycles. The van der Waals surface area contributed by atoms with Crippen LogP contribution in [0.15, 0.2) is 0 Å². The van der Waals surface area contributed by atoms with Crippen LogP contribution in [-0.4, -0.2) is 43.5 Å². The first-order valence-corrected chi connectivity index (χ1v) is 6.88. The molecule has 1 saturated carbocycles. The van der Waals surface area contributed by atoms with Gasteiger partial charge in [-0.05, 0) is 51.7 Å². The van der Waals surface area contributed by atoms with Gasteiger partial charge in [0.25, 0.3) is 0 Å². The Bertz CT molecular complexity index is 271. The van der Waals surface area contributed by atoms with Crippen molar-refractivity contribution in [2.45, 2.75) is 38.1 Å². The van der Waals surface area contributed by atoms with E-state index in [4.69, 9.17) is 5.73 Å². The molecule has 0 bridgehead atoms. The van der Waals surface area contributed by atoms with Gasteiger partial charge in [-0.25, -0.2) is 0 Å². The minimum absolute atomic E-state index is 0. The van der Waals surface area contributed by atoms with Crippen LogP contribution >= 0.6 is 24.8 Å². The van der Waals surface area contributed by atoms with Gasteiger partial charge in [-0.1, -0.05) is 6.42 Å². The molecule has 6 heteroatoms. The SMILES string of the molecule is CN1CCC(CNC(=O)C2CCCC2N)CC1.Cl.Cl. The summed E-state index contributed by atoms with van der Waals surface area (Å²) in [5.74, 6) is 0.919. The molecule has 1 heterocycles. The molecule has 0 aromatic rings. The van der Waals surface area contributed by atoms with Crippen molar-refractivity contribution in [2.75, 3.05) is 26.7 Å². The van der Waals surface area contributed by atoms with Crippen molar-refractivity contribution in [3.63, 3.8) is 0 Å². The lowest BCUT2D eigenvalue weighted by Crippen LogP contribution is -2.42. The van der Waals surface area contributed by atoms with Crippen molar-refractivity contribution < 1.29 is 4.79 Å². The van der Waals surface area contributed by atoms with Crippen LogP contribution in [0.25, 0.3) is 0 Å². The van der Waals surface area contributed by atoms with Crippen molar-refractivity contribution in [2.24, 2.45) is 17.6 Å². The Hall–Kier alpha value is -0.0300. The lowest BCUT2D eigenvalue weighted by atomic mass is 9.96. The number of piperidine rings is 1. The fourth-order valence-corrected chi connectivity index (χ4v) is 2.96. The second-order valence-electron chi connectivity index (χ2n) is 5.69. The fourth-order valence-electron chi connectivity index (χ4n) is 2.96. The highest BCUT2D eigenvalue weighted by molar-refractivity contribution is 5.85. The molecule has 0 spiro atoms. The third kappa shape index (κ3) is 5.46. The van der Waals surface area contributed by atoms with E-state index < -0.39 is 0 Å². The summed E-state index contributed by atoms with van der Waals surface area (Å²) in [6.45, 7) is 3.16. The third-order valence-electron chi connectivity index (χ3n) is 4.31. The second kappa shape index (κ2) is 9.01. The number of halogens is 2. The maximum absolute atomic E-state index is 12.0. The number of nitrogens with one attached hydrogen (secondary N) is 1. The first-order valence-electron chi connectivity index (χ1n) is 6.88. The molecule has 3 N–H and O–H groups in total. The first-order chi connectivity index (χ1) is 8.16. The van der Waals surface area contributed by atoms with Gasteiger partial charge in [0.1, 0.15) is 0 Å². The van der Waals surface area contributed by atoms with Gasteiger partial charge >= 0.3 is 0 Å². The zero-order chi connectivity index (χ0) is 12.3. The maximum Gasteiger partial charge on any atom is 0.224 e. The van der Waals surface area contributed by atoms with Crippen LogP contribution in [0.2, 0.25) is 0 Å². The number of carbonyl (C=O) groups is 1. The monoisotopic (exact) mass is 311 g/mol. The van der Waals surface area contributed by atoms with E-state index in [-0.39, 0.29) is 42.7 Å². The number of amides is 1. The Morgan fingerprint density at radius 1 is 1.21 bits per heavy atom. The number of rotatable bonds is 3. The van der Waals surface area contributed by atoms with Gasteiger partial charge in [-0.3, -0.25) is 4.79 Å². The topological polar surface area (TPSA) is 58.4 Å². The van der Waals surface area contributed by atoms with Crippen LogP contribution in [0, 0.1) is 11.8 Å². The van der Waals surface area contributed by atoms with E-state index in [0.717, 1.165) is 38.9 Å². The van der Waals surface area contributed by atoms with E-state index in [1.807, 2.05) is 0 Å². The summed E-state index contributed by atoms with van der Waals surface area (Å²) < 4.78 is 0. The lowest BCUT2D eigenvalue weighted by molar-refractivity contribution is -0.125. The lowest BCUT2D eigenvalue weighted by Gasteiger charge is -2.29. The minimum atomic E-state index is 0. The van der Waals surface area contributed by atoms with E-state index in [1.165, 1.54) is 12.8 Å². The summed E-state index contributed by atoms with van der Waals surface area (Å²) in [6, 6.07) is 0.0903. The Balaban J connectivity index is 0.00000162. The second-order valence-corrected chi connectivity index (χ2v) is 5.69. The molecule has 1 amide bonds. The first kappa shape index (κ1) is 19.0. The molecular weight excluding hydrogens is 285 g/mol. The maximum atomic E-state index is 12.0. The molecule has 1 aliphatic heterocycles. The number of hydrogen-bond donors (Lipinski definition) is 2. The minimum Gasteiger partial charge on any atom is -0.356 e. The van der Waals surface area contributed by atoms with Gasteiger partial charge in [0.05, 0.1) is 5.92 Å². The molecule has 2 fully saturated rings. The van der Waals surface area contributed by atoms with Gasteiger partial charge in [-0.15, -0.1) is 24.8 Å². The Morgan fingerprint density at radius 3 is 2.37 bits per heavy atom. The average molecular weight is 312 g/mol. The zero-order valence-corrected chi connectivity index (χ0v) is 13.3. The quantitative estimate of drug-likeness (QED) is 0.828. The normalized spacial score (nSPS) is 28.3. The van der Waals surface area contributed by atoms with Crippen molar-refractivity contribution in [3.05, 3.63) is 0 Å². The predicted molar refractivity (Wildman–Crippen MR) is 83.0 cm³/mol. The van der Waals surface area contributed by atoms with E-state index in [1.54, 1.807) is 0 Å². The number of hydrogen-bond acceptors (Lipinski definition) is 3. The summed E-state index contributed by atoms with van der Waals surface area (Å²) in [6.07, 6.45) is 5.49. The molecule has 2 rings (SSSR count). The van der Waals surface area contributed by atoms with Crippen molar-refractivity contribution >= 4 is 30.7 Å². The van der Waals surface area contributed by atoms with Crippen molar-refractivity contribution in [1.82, 2.24) is 10.2 Å². The van der Waals surface area contributed by atoms with Gasteiger partial charge in [0.2, 0.25) is 5.91 Å². The third-order valence-corrected chi connectivity index (χ3v) is 4.31. The van der Waals surface area contributed by atoms with Crippen LogP contribution in [0.4, 0.5) is 0 Å². The summed E-state index contributed by atoms with van der Waals surface area (Å²) in [5.41, 5.74) is 5.94. The molecule has 2 atom stereocenters. The summed E-state index contributed by atoms with van der Waals surface area (Å²) in [4.78, 5) is 14.3. The number of nitrogens with two attached hydrogens (primary N) is 1. The molecule has 0 radical (unpaired) electrons. The van der Waals surface area contributed by atoms with Crippen LogP contribution in [0.3, 0.4) is 0 Å². The molecule has 114 valence electrons. The average Bonchev–Trinajstić information content (AvgIpc) is 2.74. The standard InChI is InChI=1S/C13H25N3O.2ClH/c1-16-7-5-10(6-8-16)9-15-13(17)11-3-2-4-12(11)14;;/h10-12H,2-9,14H2,1H3,(H,15,17);2*1H. The van der Waals surface area contributed by atoms with Gasteiger partial charge in [-0.2, -0.15) is 0 Å². The molecule has 0 aromatic heterocycles. The molecule has 1 aliphatic carbocycles. The molecule has 2 aliphatic rings. The van der Waals surface area contributed by atoms with Crippen LogP contribution in [0.5, 0.6) is 0 Å². The van der Waals surface area contributed by atoms with Crippen LogP contribution < -0.4 is 11.1 Å². The largest absolute Gasteiger partial charge is 0.356 e. The Labute approximate surface area is 128 Å². The van der Waals surface area contributed by atoms with E-state index in [9.17, 15) is 4.79 Å². The highest BCUT2D eigenvalue weighted by atomic mass is 35.5. The summed E-state index contributed by atoms with van der Waals surface area (Å²) >= 11 is 0.